The topological polar surface area (TPSA) is 61.5 Å². The highest BCUT2D eigenvalue weighted by atomic mass is 16.5. The van der Waals surface area contributed by atoms with Crippen LogP contribution in [0.2, 0.25) is 0 Å². The summed E-state index contributed by atoms with van der Waals surface area (Å²) in [5.41, 5.74) is 0. The van der Waals surface area contributed by atoms with Crippen LogP contribution in [0.4, 0.5) is 0 Å². The number of ether oxygens (including phenoxy) is 1. The summed E-state index contributed by atoms with van der Waals surface area (Å²) in [5.74, 6) is 1.19. The second-order valence-corrected chi connectivity index (χ2v) is 6.34. The van der Waals surface area contributed by atoms with Gasteiger partial charge in [-0.15, -0.1) is 0 Å². The van der Waals surface area contributed by atoms with Crippen molar-refractivity contribution in [3.63, 3.8) is 0 Å². The minimum atomic E-state index is 0.165. The van der Waals surface area contributed by atoms with Gasteiger partial charge in [0, 0.05) is 45.1 Å². The van der Waals surface area contributed by atoms with Gasteiger partial charge in [-0.2, -0.15) is 0 Å². The summed E-state index contributed by atoms with van der Waals surface area (Å²) in [4.78, 5) is 24.2. The van der Waals surface area contributed by atoms with Crippen molar-refractivity contribution in [1.82, 2.24) is 19.8 Å². The highest BCUT2D eigenvalue weighted by Gasteiger charge is 2.30. The van der Waals surface area contributed by atoms with Crippen LogP contribution < -0.4 is 0 Å². The van der Waals surface area contributed by atoms with Crippen LogP contribution in [0.25, 0.3) is 0 Å². The molecule has 0 saturated carbocycles. The molecule has 2 aliphatic rings. The number of imidazole rings is 1. The van der Waals surface area contributed by atoms with Crippen LogP contribution in [0.15, 0.2) is 12.4 Å². The molecule has 2 aliphatic heterocycles. The van der Waals surface area contributed by atoms with E-state index in [1.807, 2.05) is 11.1 Å². The van der Waals surface area contributed by atoms with Crippen molar-refractivity contribution in [3.05, 3.63) is 18.2 Å². The number of hydrogen-bond acceptors (Lipinski definition) is 4. The van der Waals surface area contributed by atoms with E-state index in [0.717, 1.165) is 44.8 Å². The van der Waals surface area contributed by atoms with Crippen molar-refractivity contribution in [2.45, 2.75) is 44.2 Å². The number of amides is 1. The first-order valence-corrected chi connectivity index (χ1v) is 8.33. The number of aromatic nitrogens is 2. The first-order chi connectivity index (χ1) is 10.7. The lowest BCUT2D eigenvalue weighted by Crippen LogP contribution is -2.49. The van der Waals surface area contributed by atoms with Crippen molar-refractivity contribution in [3.8, 4) is 0 Å². The van der Waals surface area contributed by atoms with Gasteiger partial charge < -0.3 is 14.6 Å². The number of aromatic amines is 1. The molecule has 0 bridgehead atoms. The number of piperazine rings is 1. The number of rotatable bonds is 4. The SMILES string of the molecule is CN1CCN(C(=O)CCC2CCCCO2)CC1c1ncc[nH]1. The standard InChI is InChI=1S/C16H26N4O2/c1-19-9-10-20(12-14(19)16-17-7-8-18-16)15(21)6-5-13-4-2-3-11-22-13/h7-8,13-14H,2-6,9-12H2,1H3,(H,17,18). The largest absolute Gasteiger partial charge is 0.378 e. The van der Waals surface area contributed by atoms with E-state index in [1.165, 1.54) is 6.42 Å². The van der Waals surface area contributed by atoms with Crippen molar-refractivity contribution < 1.29 is 9.53 Å². The van der Waals surface area contributed by atoms with Crippen LogP contribution in [-0.2, 0) is 9.53 Å². The van der Waals surface area contributed by atoms with Gasteiger partial charge in [-0.05, 0) is 32.7 Å². The number of carbonyl (C=O) groups excluding carboxylic acids is 1. The zero-order chi connectivity index (χ0) is 15.4. The van der Waals surface area contributed by atoms with Gasteiger partial charge in [0.1, 0.15) is 5.82 Å². The Hall–Kier alpha value is -1.40. The molecule has 122 valence electrons. The van der Waals surface area contributed by atoms with E-state index in [1.54, 1.807) is 6.20 Å². The number of hydrogen-bond donors (Lipinski definition) is 1. The summed E-state index contributed by atoms with van der Waals surface area (Å²) in [5, 5.41) is 0. The normalized spacial score (nSPS) is 27.0. The number of carbonyl (C=O) groups is 1. The quantitative estimate of drug-likeness (QED) is 0.917. The molecule has 0 spiro atoms. The molecule has 3 heterocycles. The summed E-state index contributed by atoms with van der Waals surface area (Å²) < 4.78 is 5.72. The van der Waals surface area contributed by atoms with Crippen LogP contribution in [0.3, 0.4) is 0 Å². The Morgan fingerprint density at radius 1 is 1.45 bits per heavy atom. The molecule has 2 saturated heterocycles. The third kappa shape index (κ3) is 3.67. The maximum atomic E-state index is 12.5. The lowest BCUT2D eigenvalue weighted by Gasteiger charge is -2.38. The summed E-state index contributed by atoms with van der Waals surface area (Å²) in [6.45, 7) is 3.26. The Morgan fingerprint density at radius 2 is 2.36 bits per heavy atom. The molecule has 1 aromatic rings. The van der Waals surface area contributed by atoms with Crippen LogP contribution in [0.1, 0.15) is 44.0 Å². The second kappa shape index (κ2) is 7.24. The van der Waals surface area contributed by atoms with E-state index in [9.17, 15) is 4.79 Å². The van der Waals surface area contributed by atoms with Gasteiger partial charge >= 0.3 is 0 Å². The molecular formula is C16H26N4O2. The number of nitrogens with one attached hydrogen (secondary N) is 1. The predicted octanol–water partition coefficient (Wildman–Crippen LogP) is 1.57. The van der Waals surface area contributed by atoms with Crippen LogP contribution in [0, 0.1) is 0 Å². The Balaban J connectivity index is 1.51. The predicted molar refractivity (Wildman–Crippen MR) is 83.4 cm³/mol. The summed E-state index contributed by atoms with van der Waals surface area (Å²) >= 11 is 0. The molecule has 0 aromatic carbocycles. The van der Waals surface area contributed by atoms with E-state index < -0.39 is 0 Å². The zero-order valence-corrected chi connectivity index (χ0v) is 13.3. The Bertz CT molecular complexity index is 471. The summed E-state index contributed by atoms with van der Waals surface area (Å²) in [6, 6.07) is 0.165. The Labute approximate surface area is 131 Å². The first kappa shape index (κ1) is 15.5. The van der Waals surface area contributed by atoms with Crippen molar-refractivity contribution in [1.29, 1.82) is 0 Å². The van der Waals surface area contributed by atoms with Gasteiger partial charge in [0.15, 0.2) is 0 Å². The van der Waals surface area contributed by atoms with Gasteiger partial charge in [0.2, 0.25) is 5.91 Å². The molecule has 1 aromatic heterocycles. The van der Waals surface area contributed by atoms with Crippen molar-refractivity contribution in [2.24, 2.45) is 0 Å². The minimum Gasteiger partial charge on any atom is -0.378 e. The van der Waals surface area contributed by atoms with Gasteiger partial charge in [-0.25, -0.2) is 4.98 Å². The van der Waals surface area contributed by atoms with E-state index in [4.69, 9.17) is 4.74 Å². The fraction of sp³-hybridized carbons (Fsp3) is 0.750. The van der Waals surface area contributed by atoms with Gasteiger partial charge in [0.05, 0.1) is 12.1 Å². The highest BCUT2D eigenvalue weighted by molar-refractivity contribution is 5.76. The van der Waals surface area contributed by atoms with E-state index in [2.05, 4.69) is 21.9 Å². The number of likely N-dealkylation sites (N-methyl/N-ethyl adjacent to an activating group) is 1. The molecular weight excluding hydrogens is 280 g/mol. The van der Waals surface area contributed by atoms with E-state index in [-0.39, 0.29) is 18.1 Å². The van der Waals surface area contributed by atoms with Crippen LogP contribution >= 0.6 is 0 Å². The second-order valence-electron chi connectivity index (χ2n) is 6.34. The van der Waals surface area contributed by atoms with E-state index in [0.29, 0.717) is 13.0 Å². The Morgan fingerprint density at radius 3 is 3.09 bits per heavy atom. The fourth-order valence-electron chi connectivity index (χ4n) is 3.33. The average Bonchev–Trinajstić information content (AvgIpc) is 3.08. The van der Waals surface area contributed by atoms with Gasteiger partial charge in [-0.1, -0.05) is 0 Å². The van der Waals surface area contributed by atoms with Gasteiger partial charge in [-0.3, -0.25) is 9.69 Å². The van der Waals surface area contributed by atoms with Crippen LogP contribution in [-0.4, -0.2) is 65.1 Å². The Kier molecular flexibility index (Phi) is 5.10. The summed E-state index contributed by atoms with van der Waals surface area (Å²) in [7, 11) is 2.09. The monoisotopic (exact) mass is 306 g/mol. The molecule has 3 rings (SSSR count). The number of H-pyrrole nitrogens is 1. The maximum absolute atomic E-state index is 12.5. The molecule has 22 heavy (non-hydrogen) atoms. The molecule has 2 fully saturated rings. The van der Waals surface area contributed by atoms with Crippen molar-refractivity contribution in [2.75, 3.05) is 33.3 Å². The average molecular weight is 306 g/mol. The fourth-order valence-corrected chi connectivity index (χ4v) is 3.33. The lowest BCUT2D eigenvalue weighted by atomic mass is 10.0. The zero-order valence-electron chi connectivity index (χ0n) is 13.3. The minimum absolute atomic E-state index is 0.165. The third-order valence-corrected chi connectivity index (χ3v) is 4.79. The molecule has 2 atom stereocenters. The third-order valence-electron chi connectivity index (χ3n) is 4.79. The van der Waals surface area contributed by atoms with E-state index >= 15 is 0 Å². The molecule has 1 amide bonds. The molecule has 6 nitrogen and oxygen atoms in total. The van der Waals surface area contributed by atoms with Crippen molar-refractivity contribution >= 4 is 5.91 Å². The summed E-state index contributed by atoms with van der Waals surface area (Å²) in [6.07, 6.45) is 8.84. The molecule has 2 unspecified atom stereocenters. The molecule has 6 heteroatoms. The number of nitrogens with zero attached hydrogens (tertiary/aromatic N) is 3. The van der Waals surface area contributed by atoms with Crippen LogP contribution in [0.5, 0.6) is 0 Å². The molecule has 0 radical (unpaired) electrons. The lowest BCUT2D eigenvalue weighted by molar-refractivity contribution is -0.135. The smallest absolute Gasteiger partial charge is 0.222 e. The molecule has 0 aliphatic carbocycles. The van der Waals surface area contributed by atoms with Gasteiger partial charge in [0.25, 0.3) is 0 Å². The first-order valence-electron chi connectivity index (χ1n) is 8.33. The molecule has 1 N–H and O–H groups in total. The maximum Gasteiger partial charge on any atom is 0.222 e. The highest BCUT2D eigenvalue weighted by Crippen LogP contribution is 2.23.